The van der Waals surface area contributed by atoms with E-state index >= 15 is 0 Å². The van der Waals surface area contributed by atoms with Gasteiger partial charge in [-0.15, -0.1) is 0 Å². The largest absolute Gasteiger partial charge is 0.481 e. The van der Waals surface area contributed by atoms with Crippen molar-refractivity contribution < 1.29 is 19.4 Å². The van der Waals surface area contributed by atoms with E-state index in [0.717, 1.165) is 0 Å². The van der Waals surface area contributed by atoms with Crippen molar-refractivity contribution in [3.8, 4) is 0 Å². The van der Waals surface area contributed by atoms with Crippen molar-refractivity contribution >= 4 is 11.9 Å². The molecule has 1 fully saturated rings. The molecule has 1 aliphatic rings. The number of hydrogen-bond acceptors (Lipinski definition) is 3. The Balaban J connectivity index is 2.41. The third-order valence-corrected chi connectivity index (χ3v) is 2.73. The average Bonchev–Trinajstić information content (AvgIpc) is 2.16. The Hall–Kier alpha value is -1.10. The number of nitrogens with zero attached hydrogens (tertiary/aromatic N) is 1. The van der Waals surface area contributed by atoms with Crippen LogP contribution in [0.2, 0.25) is 0 Å². The van der Waals surface area contributed by atoms with Gasteiger partial charge in [0, 0.05) is 19.4 Å². The summed E-state index contributed by atoms with van der Waals surface area (Å²) in [4.78, 5) is 24.1. The second-order valence-corrected chi connectivity index (χ2v) is 4.42. The molecule has 1 rings (SSSR count). The number of morpholine rings is 1. The number of carbonyl (C=O) groups excluding carboxylic acids is 1. The predicted molar refractivity (Wildman–Crippen MR) is 58.0 cm³/mol. The van der Waals surface area contributed by atoms with Crippen LogP contribution in [0.15, 0.2) is 0 Å². The van der Waals surface area contributed by atoms with Crippen LogP contribution in [0.4, 0.5) is 0 Å². The molecule has 1 N–H and O–H groups in total. The molecule has 1 aliphatic heterocycles. The number of amides is 1. The van der Waals surface area contributed by atoms with Crippen LogP contribution in [0.25, 0.3) is 0 Å². The highest BCUT2D eigenvalue weighted by Crippen LogP contribution is 2.14. The lowest BCUT2D eigenvalue weighted by atomic mass is 10.0. The summed E-state index contributed by atoms with van der Waals surface area (Å²) in [5.41, 5.74) is 0. The monoisotopic (exact) mass is 229 g/mol. The SMILES string of the molecule is CC(CC(=O)O)CC(=O)N1CCOC[C@H]1C. The zero-order valence-electron chi connectivity index (χ0n) is 9.81. The van der Waals surface area contributed by atoms with E-state index in [9.17, 15) is 9.59 Å². The maximum Gasteiger partial charge on any atom is 0.303 e. The number of rotatable bonds is 4. The van der Waals surface area contributed by atoms with E-state index < -0.39 is 5.97 Å². The summed E-state index contributed by atoms with van der Waals surface area (Å²) in [7, 11) is 0. The molecule has 16 heavy (non-hydrogen) atoms. The molecular formula is C11H19NO4. The van der Waals surface area contributed by atoms with Gasteiger partial charge in [-0.05, 0) is 12.8 Å². The lowest BCUT2D eigenvalue weighted by Crippen LogP contribution is -2.47. The predicted octanol–water partition coefficient (Wildman–Crippen LogP) is 0.735. The Morgan fingerprint density at radius 2 is 2.19 bits per heavy atom. The molecule has 0 aromatic rings. The first-order valence-corrected chi connectivity index (χ1v) is 5.59. The number of carbonyl (C=O) groups is 2. The molecule has 0 saturated carbocycles. The Bertz CT molecular complexity index is 267. The van der Waals surface area contributed by atoms with Crippen molar-refractivity contribution in [1.29, 1.82) is 0 Å². The number of hydrogen-bond donors (Lipinski definition) is 1. The van der Waals surface area contributed by atoms with Crippen LogP contribution in [0.1, 0.15) is 26.7 Å². The molecule has 0 aromatic heterocycles. The molecule has 0 bridgehead atoms. The summed E-state index contributed by atoms with van der Waals surface area (Å²) < 4.78 is 5.24. The fourth-order valence-corrected chi connectivity index (χ4v) is 1.88. The zero-order valence-corrected chi connectivity index (χ0v) is 9.81. The minimum atomic E-state index is -0.852. The topological polar surface area (TPSA) is 66.8 Å². The molecule has 0 aliphatic carbocycles. The number of carboxylic acids is 1. The van der Waals surface area contributed by atoms with Gasteiger partial charge in [-0.25, -0.2) is 0 Å². The first kappa shape index (κ1) is 13.0. The Labute approximate surface area is 95.4 Å². The van der Waals surface area contributed by atoms with Gasteiger partial charge < -0.3 is 14.7 Å². The molecule has 1 heterocycles. The van der Waals surface area contributed by atoms with E-state index in [1.165, 1.54) is 0 Å². The van der Waals surface area contributed by atoms with Gasteiger partial charge in [-0.2, -0.15) is 0 Å². The Morgan fingerprint density at radius 1 is 1.50 bits per heavy atom. The van der Waals surface area contributed by atoms with Crippen molar-refractivity contribution in [1.82, 2.24) is 4.90 Å². The molecule has 92 valence electrons. The van der Waals surface area contributed by atoms with Gasteiger partial charge in [0.2, 0.25) is 5.91 Å². The molecule has 0 aromatic carbocycles. The van der Waals surface area contributed by atoms with Gasteiger partial charge in [0.15, 0.2) is 0 Å². The lowest BCUT2D eigenvalue weighted by Gasteiger charge is -2.34. The standard InChI is InChI=1S/C11H19NO4/c1-8(6-11(14)15)5-10(13)12-3-4-16-7-9(12)2/h8-9H,3-7H2,1-2H3,(H,14,15)/t8?,9-/m1/s1. The summed E-state index contributed by atoms with van der Waals surface area (Å²) in [5.74, 6) is -0.931. The highest BCUT2D eigenvalue weighted by atomic mass is 16.5. The second-order valence-electron chi connectivity index (χ2n) is 4.42. The quantitative estimate of drug-likeness (QED) is 0.772. The second kappa shape index (κ2) is 5.84. The van der Waals surface area contributed by atoms with Crippen LogP contribution >= 0.6 is 0 Å². The van der Waals surface area contributed by atoms with Gasteiger partial charge in [-0.3, -0.25) is 9.59 Å². The molecule has 0 radical (unpaired) electrons. The van der Waals surface area contributed by atoms with E-state index in [0.29, 0.717) is 26.2 Å². The molecule has 2 atom stereocenters. The van der Waals surface area contributed by atoms with Crippen LogP contribution in [-0.2, 0) is 14.3 Å². The molecule has 1 unspecified atom stereocenters. The average molecular weight is 229 g/mol. The first-order valence-electron chi connectivity index (χ1n) is 5.59. The first-order chi connectivity index (χ1) is 7.50. The number of ether oxygens (including phenoxy) is 1. The smallest absolute Gasteiger partial charge is 0.303 e. The van der Waals surface area contributed by atoms with Crippen molar-refractivity contribution in [2.45, 2.75) is 32.7 Å². The number of carboxylic acid groups (broad SMARTS) is 1. The normalized spacial score (nSPS) is 22.9. The molecular weight excluding hydrogens is 210 g/mol. The Morgan fingerprint density at radius 3 is 2.75 bits per heavy atom. The van der Waals surface area contributed by atoms with Crippen molar-refractivity contribution in [2.75, 3.05) is 19.8 Å². The van der Waals surface area contributed by atoms with Crippen LogP contribution in [0, 0.1) is 5.92 Å². The highest BCUT2D eigenvalue weighted by Gasteiger charge is 2.25. The van der Waals surface area contributed by atoms with Crippen LogP contribution in [0.5, 0.6) is 0 Å². The third-order valence-electron chi connectivity index (χ3n) is 2.73. The zero-order chi connectivity index (χ0) is 12.1. The maximum atomic E-state index is 11.9. The maximum absolute atomic E-state index is 11.9. The van der Waals surface area contributed by atoms with E-state index in [1.807, 2.05) is 6.92 Å². The van der Waals surface area contributed by atoms with Crippen molar-refractivity contribution in [3.63, 3.8) is 0 Å². The fourth-order valence-electron chi connectivity index (χ4n) is 1.88. The van der Waals surface area contributed by atoms with E-state index in [4.69, 9.17) is 9.84 Å². The molecule has 1 saturated heterocycles. The van der Waals surface area contributed by atoms with Gasteiger partial charge in [0.05, 0.1) is 19.3 Å². The van der Waals surface area contributed by atoms with Crippen LogP contribution in [-0.4, -0.2) is 47.7 Å². The van der Waals surface area contributed by atoms with Crippen LogP contribution < -0.4 is 0 Å². The summed E-state index contributed by atoms with van der Waals surface area (Å²) in [6.07, 6.45) is 0.348. The molecule has 5 nitrogen and oxygen atoms in total. The van der Waals surface area contributed by atoms with Crippen LogP contribution in [0.3, 0.4) is 0 Å². The van der Waals surface area contributed by atoms with Gasteiger partial charge in [-0.1, -0.05) is 6.92 Å². The molecule has 1 amide bonds. The summed E-state index contributed by atoms with van der Waals surface area (Å²) >= 11 is 0. The highest BCUT2D eigenvalue weighted by molar-refractivity contribution is 5.77. The molecule has 5 heteroatoms. The van der Waals surface area contributed by atoms with Crippen molar-refractivity contribution in [2.24, 2.45) is 5.92 Å². The van der Waals surface area contributed by atoms with Gasteiger partial charge in [0.1, 0.15) is 0 Å². The fraction of sp³-hybridized carbons (Fsp3) is 0.818. The Kier molecular flexibility index (Phi) is 4.73. The molecule has 0 spiro atoms. The minimum absolute atomic E-state index is 0.0320. The van der Waals surface area contributed by atoms with Gasteiger partial charge in [0.25, 0.3) is 0 Å². The summed E-state index contributed by atoms with van der Waals surface area (Å²) in [5, 5.41) is 8.61. The number of aliphatic carboxylic acids is 1. The van der Waals surface area contributed by atoms with Gasteiger partial charge >= 0.3 is 5.97 Å². The lowest BCUT2D eigenvalue weighted by molar-refractivity contribution is -0.141. The van der Waals surface area contributed by atoms with E-state index in [2.05, 4.69) is 0 Å². The van der Waals surface area contributed by atoms with E-state index in [1.54, 1.807) is 11.8 Å². The van der Waals surface area contributed by atoms with Crippen molar-refractivity contribution in [3.05, 3.63) is 0 Å². The summed E-state index contributed by atoms with van der Waals surface area (Å²) in [6, 6.07) is 0.0956. The summed E-state index contributed by atoms with van der Waals surface area (Å²) in [6.45, 7) is 5.48. The third kappa shape index (κ3) is 3.81. The minimum Gasteiger partial charge on any atom is -0.481 e. The van der Waals surface area contributed by atoms with E-state index in [-0.39, 0.29) is 24.3 Å².